The van der Waals surface area contributed by atoms with Gasteiger partial charge in [-0.05, 0) is 61.4 Å². The van der Waals surface area contributed by atoms with E-state index in [1.165, 1.54) is 47.1 Å². The molecule has 1 aromatic rings. The first-order chi connectivity index (χ1) is 12.1. The molecule has 4 heteroatoms. The van der Waals surface area contributed by atoms with Crippen molar-refractivity contribution in [3.8, 4) is 5.75 Å². The molecule has 1 aromatic carbocycles. The van der Waals surface area contributed by atoms with Crippen LogP contribution in [0.1, 0.15) is 66.3 Å². The number of unbranched alkanes of at least 4 members (excludes halogenated alkanes) is 5. The zero-order chi connectivity index (χ0) is 18.7. The predicted molar refractivity (Wildman–Crippen MR) is 102 cm³/mol. The molecule has 0 aliphatic heterocycles. The molecular formula is C21H36O4. The molecule has 0 spiro atoms. The second kappa shape index (κ2) is 12.3. The Labute approximate surface area is 153 Å². The van der Waals surface area contributed by atoms with Crippen LogP contribution in [0.3, 0.4) is 0 Å². The van der Waals surface area contributed by atoms with E-state index in [1.807, 2.05) is 0 Å². The molecule has 0 saturated carbocycles. The Morgan fingerprint density at radius 1 is 0.680 bits per heavy atom. The summed E-state index contributed by atoms with van der Waals surface area (Å²) in [5.41, 5.74) is 6.02. The lowest BCUT2D eigenvalue weighted by atomic mass is 9.92. The van der Waals surface area contributed by atoms with Crippen molar-refractivity contribution >= 4 is 0 Å². The van der Waals surface area contributed by atoms with Crippen LogP contribution in [0.5, 0.6) is 5.75 Å². The number of aliphatic hydroxyl groups is 1. The molecule has 1 rings (SSSR count). The maximum atomic E-state index is 8.79. The lowest BCUT2D eigenvalue weighted by Gasteiger charge is -2.22. The first-order valence-corrected chi connectivity index (χ1v) is 9.41. The number of ether oxygens (including phenoxy) is 3. The third-order valence-corrected chi connectivity index (χ3v) is 4.87. The molecule has 0 bridgehead atoms. The molecule has 0 amide bonds. The first kappa shape index (κ1) is 21.9. The van der Waals surface area contributed by atoms with Gasteiger partial charge in [-0.25, -0.2) is 0 Å². The molecule has 0 aliphatic rings. The quantitative estimate of drug-likeness (QED) is 0.526. The minimum absolute atomic E-state index is 0.308. The van der Waals surface area contributed by atoms with Gasteiger partial charge in [0.1, 0.15) is 5.75 Å². The smallest absolute Gasteiger partial charge is 0.125 e. The number of aliphatic hydroxyl groups excluding tert-OH is 1. The minimum atomic E-state index is 0.308. The highest BCUT2D eigenvalue weighted by atomic mass is 16.5. The Bertz CT molecular complexity index is 478. The molecule has 0 saturated heterocycles. The van der Waals surface area contributed by atoms with Crippen molar-refractivity contribution in [2.75, 3.05) is 27.4 Å². The summed E-state index contributed by atoms with van der Waals surface area (Å²) in [5, 5.41) is 8.79. The Kier molecular flexibility index (Phi) is 10.8. The molecule has 144 valence electrons. The summed E-state index contributed by atoms with van der Waals surface area (Å²) in [4.78, 5) is 0. The van der Waals surface area contributed by atoms with Gasteiger partial charge in [0.05, 0.1) is 19.8 Å². The maximum absolute atomic E-state index is 8.79. The van der Waals surface area contributed by atoms with Gasteiger partial charge in [0.15, 0.2) is 0 Å². The Balaban J connectivity index is 2.71. The van der Waals surface area contributed by atoms with Gasteiger partial charge in [-0.15, -0.1) is 0 Å². The van der Waals surface area contributed by atoms with Crippen molar-refractivity contribution in [2.45, 2.75) is 72.5 Å². The van der Waals surface area contributed by atoms with Gasteiger partial charge in [0, 0.05) is 20.8 Å². The summed E-state index contributed by atoms with van der Waals surface area (Å²) < 4.78 is 17.0. The van der Waals surface area contributed by atoms with Gasteiger partial charge in [-0.2, -0.15) is 0 Å². The molecule has 25 heavy (non-hydrogen) atoms. The van der Waals surface area contributed by atoms with Crippen molar-refractivity contribution in [3.05, 3.63) is 27.8 Å². The number of rotatable bonds is 13. The number of hydrogen-bond acceptors (Lipinski definition) is 4. The van der Waals surface area contributed by atoms with E-state index in [-0.39, 0.29) is 0 Å². The molecule has 0 atom stereocenters. The van der Waals surface area contributed by atoms with Crippen LogP contribution in [0.25, 0.3) is 0 Å². The fourth-order valence-corrected chi connectivity index (χ4v) is 3.33. The number of methoxy groups -OCH3 is 2. The third-order valence-electron chi connectivity index (χ3n) is 4.87. The normalized spacial score (nSPS) is 11.1. The molecule has 0 aliphatic carbocycles. The maximum Gasteiger partial charge on any atom is 0.125 e. The average Bonchev–Trinajstić information content (AvgIpc) is 2.60. The zero-order valence-corrected chi connectivity index (χ0v) is 16.7. The SMILES string of the molecule is COCc1c(C)c(COC)c(C)c(OCCCCCCCCO)c1C. The number of hydrogen-bond donors (Lipinski definition) is 1. The number of benzene rings is 1. The van der Waals surface area contributed by atoms with Gasteiger partial charge < -0.3 is 19.3 Å². The summed E-state index contributed by atoms with van der Waals surface area (Å²) >= 11 is 0. The van der Waals surface area contributed by atoms with Gasteiger partial charge in [-0.3, -0.25) is 0 Å². The van der Waals surface area contributed by atoms with Crippen molar-refractivity contribution in [2.24, 2.45) is 0 Å². The highest BCUT2D eigenvalue weighted by Gasteiger charge is 2.18. The van der Waals surface area contributed by atoms with E-state index in [0.717, 1.165) is 31.6 Å². The van der Waals surface area contributed by atoms with Gasteiger partial charge in [0.2, 0.25) is 0 Å². The van der Waals surface area contributed by atoms with Crippen LogP contribution >= 0.6 is 0 Å². The standard InChI is InChI=1S/C21H36O4/c1-16-19(14-23-4)17(2)21(18(3)20(16)15-24-5)25-13-11-9-7-6-8-10-12-22/h22H,6-15H2,1-5H3. The van der Waals surface area contributed by atoms with Crippen LogP contribution in [-0.2, 0) is 22.7 Å². The van der Waals surface area contributed by atoms with Crippen LogP contribution in [0.4, 0.5) is 0 Å². The largest absolute Gasteiger partial charge is 0.493 e. The van der Waals surface area contributed by atoms with E-state index in [2.05, 4.69) is 20.8 Å². The highest BCUT2D eigenvalue weighted by Crippen LogP contribution is 2.34. The summed E-state index contributed by atoms with van der Waals surface area (Å²) in [6.45, 7) is 8.61. The monoisotopic (exact) mass is 352 g/mol. The zero-order valence-electron chi connectivity index (χ0n) is 16.7. The summed E-state index contributed by atoms with van der Waals surface area (Å²) in [7, 11) is 3.46. The van der Waals surface area contributed by atoms with Crippen molar-refractivity contribution in [1.82, 2.24) is 0 Å². The Hall–Kier alpha value is -1.10. The topological polar surface area (TPSA) is 47.9 Å². The predicted octanol–water partition coefficient (Wildman–Crippen LogP) is 4.62. The fraction of sp³-hybridized carbons (Fsp3) is 0.714. The van der Waals surface area contributed by atoms with Crippen LogP contribution < -0.4 is 4.74 Å². The van der Waals surface area contributed by atoms with E-state index < -0.39 is 0 Å². The van der Waals surface area contributed by atoms with Gasteiger partial charge in [-0.1, -0.05) is 25.7 Å². The molecule has 4 nitrogen and oxygen atoms in total. The molecule has 0 unspecified atom stereocenters. The average molecular weight is 353 g/mol. The lowest BCUT2D eigenvalue weighted by Crippen LogP contribution is -2.09. The van der Waals surface area contributed by atoms with Crippen molar-refractivity contribution < 1.29 is 19.3 Å². The van der Waals surface area contributed by atoms with E-state index in [9.17, 15) is 0 Å². The third kappa shape index (κ3) is 6.61. The Morgan fingerprint density at radius 2 is 1.16 bits per heavy atom. The van der Waals surface area contributed by atoms with Gasteiger partial charge >= 0.3 is 0 Å². The first-order valence-electron chi connectivity index (χ1n) is 9.41. The van der Waals surface area contributed by atoms with E-state index >= 15 is 0 Å². The van der Waals surface area contributed by atoms with Crippen molar-refractivity contribution in [3.63, 3.8) is 0 Å². The molecule has 0 aromatic heterocycles. The summed E-state index contributed by atoms with van der Waals surface area (Å²) in [6.07, 6.45) is 6.67. The van der Waals surface area contributed by atoms with Crippen LogP contribution in [0.2, 0.25) is 0 Å². The van der Waals surface area contributed by atoms with Crippen molar-refractivity contribution in [1.29, 1.82) is 0 Å². The van der Waals surface area contributed by atoms with Crippen LogP contribution in [0, 0.1) is 20.8 Å². The molecule has 0 radical (unpaired) electrons. The Morgan fingerprint density at radius 3 is 1.64 bits per heavy atom. The minimum Gasteiger partial charge on any atom is -0.493 e. The highest BCUT2D eigenvalue weighted by molar-refractivity contribution is 5.54. The second-order valence-corrected chi connectivity index (χ2v) is 6.72. The van der Waals surface area contributed by atoms with E-state index in [4.69, 9.17) is 19.3 Å². The fourth-order valence-electron chi connectivity index (χ4n) is 3.33. The second-order valence-electron chi connectivity index (χ2n) is 6.72. The van der Waals surface area contributed by atoms with E-state index in [0.29, 0.717) is 19.8 Å². The van der Waals surface area contributed by atoms with Crippen LogP contribution in [0.15, 0.2) is 0 Å². The van der Waals surface area contributed by atoms with E-state index in [1.54, 1.807) is 14.2 Å². The molecule has 0 fully saturated rings. The van der Waals surface area contributed by atoms with Gasteiger partial charge in [0.25, 0.3) is 0 Å². The summed E-state index contributed by atoms with van der Waals surface area (Å²) in [6, 6.07) is 0. The molecule has 1 N–H and O–H groups in total. The molecule has 0 heterocycles. The molecular weight excluding hydrogens is 316 g/mol. The van der Waals surface area contributed by atoms with Crippen LogP contribution in [-0.4, -0.2) is 32.5 Å². The summed E-state index contributed by atoms with van der Waals surface area (Å²) in [5.74, 6) is 0.991. The lowest BCUT2D eigenvalue weighted by molar-refractivity contribution is 0.177.